The molecule has 0 aromatic heterocycles. The minimum absolute atomic E-state index is 0.0874. The van der Waals surface area contributed by atoms with Crippen LogP contribution in [0.25, 0.3) is 0 Å². The molecular weight excluding hydrogens is 188 g/mol. The zero-order chi connectivity index (χ0) is 11.0. The van der Waals surface area contributed by atoms with Gasteiger partial charge >= 0.3 is 17.9 Å². The highest BCUT2D eigenvalue weighted by Crippen LogP contribution is 1.93. The van der Waals surface area contributed by atoms with Crippen molar-refractivity contribution in [3.8, 4) is 0 Å². The normalized spacial score (nSPS) is 8.93. The van der Waals surface area contributed by atoms with E-state index in [2.05, 4.69) is 16.1 Å². The summed E-state index contributed by atoms with van der Waals surface area (Å²) in [5, 5.41) is 0. The molecule has 0 aliphatic rings. The van der Waals surface area contributed by atoms with Gasteiger partial charge in [0, 0.05) is 6.42 Å². The van der Waals surface area contributed by atoms with E-state index in [1.807, 2.05) is 0 Å². The van der Waals surface area contributed by atoms with Gasteiger partial charge in [0.25, 0.3) is 0 Å². The first-order valence-electron chi connectivity index (χ1n) is 4.14. The highest BCUT2D eigenvalue weighted by molar-refractivity contribution is 6.31. The topological polar surface area (TPSA) is 69.7 Å². The Morgan fingerprint density at radius 3 is 2.43 bits per heavy atom. The highest BCUT2D eigenvalue weighted by atomic mass is 16.6. The molecule has 0 atom stereocenters. The van der Waals surface area contributed by atoms with Crippen LogP contribution in [0, 0.1) is 0 Å². The van der Waals surface area contributed by atoms with Gasteiger partial charge in [-0.2, -0.15) is 0 Å². The van der Waals surface area contributed by atoms with Gasteiger partial charge in [0.1, 0.15) is 6.61 Å². The molecule has 0 unspecified atom stereocenters. The molecule has 0 heterocycles. The minimum Gasteiger partial charge on any atom is -0.453 e. The predicted molar refractivity (Wildman–Crippen MR) is 47.2 cm³/mol. The lowest BCUT2D eigenvalue weighted by Gasteiger charge is -2.01. The number of carbonyl (C=O) groups excluding carboxylic acids is 3. The fraction of sp³-hybridized carbons (Fsp3) is 0.444. The third kappa shape index (κ3) is 5.08. The number of rotatable bonds is 4. The van der Waals surface area contributed by atoms with Gasteiger partial charge in [-0.15, -0.1) is 0 Å². The summed E-state index contributed by atoms with van der Waals surface area (Å²) in [4.78, 5) is 32.3. The van der Waals surface area contributed by atoms with Crippen molar-refractivity contribution in [3.05, 3.63) is 12.7 Å². The Bertz CT molecular complexity index is 244. The molecule has 0 rings (SSSR count). The highest BCUT2D eigenvalue weighted by Gasteiger charge is 2.19. The molecule has 0 saturated heterocycles. The minimum atomic E-state index is -1.29. The molecule has 0 fully saturated rings. The summed E-state index contributed by atoms with van der Waals surface area (Å²) in [6.45, 7) is 4.95. The maximum absolute atomic E-state index is 10.8. The van der Waals surface area contributed by atoms with Crippen molar-refractivity contribution in [2.75, 3.05) is 6.61 Å². The van der Waals surface area contributed by atoms with Crippen LogP contribution in [0.1, 0.15) is 19.8 Å². The molecule has 0 aliphatic carbocycles. The molecule has 0 bridgehead atoms. The van der Waals surface area contributed by atoms with E-state index in [1.165, 1.54) is 6.08 Å². The van der Waals surface area contributed by atoms with E-state index >= 15 is 0 Å². The smallest absolute Gasteiger partial charge is 0.425 e. The number of hydrogen-bond donors (Lipinski definition) is 0. The summed E-state index contributed by atoms with van der Waals surface area (Å²) in [7, 11) is 0. The van der Waals surface area contributed by atoms with Gasteiger partial charge in [0.05, 0.1) is 0 Å². The van der Waals surface area contributed by atoms with E-state index in [0.717, 1.165) is 0 Å². The van der Waals surface area contributed by atoms with Crippen molar-refractivity contribution >= 4 is 17.9 Å². The van der Waals surface area contributed by atoms with Gasteiger partial charge in [-0.1, -0.05) is 19.6 Å². The van der Waals surface area contributed by atoms with Gasteiger partial charge in [-0.05, 0) is 6.42 Å². The van der Waals surface area contributed by atoms with Crippen molar-refractivity contribution in [1.82, 2.24) is 0 Å². The van der Waals surface area contributed by atoms with Crippen LogP contribution in [0.2, 0.25) is 0 Å². The van der Waals surface area contributed by atoms with E-state index < -0.39 is 17.9 Å². The summed E-state index contributed by atoms with van der Waals surface area (Å²) >= 11 is 0. The first kappa shape index (κ1) is 12.3. The van der Waals surface area contributed by atoms with Crippen LogP contribution in [0.15, 0.2) is 12.7 Å². The Labute approximate surface area is 81.7 Å². The Balaban J connectivity index is 3.88. The largest absolute Gasteiger partial charge is 0.453 e. The zero-order valence-corrected chi connectivity index (χ0v) is 7.95. The van der Waals surface area contributed by atoms with Gasteiger partial charge in [0.2, 0.25) is 0 Å². The monoisotopic (exact) mass is 200 g/mol. The van der Waals surface area contributed by atoms with E-state index in [1.54, 1.807) is 6.92 Å². The standard InChI is InChI=1S/C9H12O5/c1-3-5-7(10)14-9(12)8(11)13-6-4-2/h4H,2-3,5-6H2,1H3. The molecule has 0 radical (unpaired) electrons. The van der Waals surface area contributed by atoms with Crippen molar-refractivity contribution in [2.45, 2.75) is 19.8 Å². The van der Waals surface area contributed by atoms with Crippen LogP contribution < -0.4 is 0 Å². The van der Waals surface area contributed by atoms with E-state index in [4.69, 9.17) is 0 Å². The second-order valence-electron chi connectivity index (χ2n) is 2.40. The Morgan fingerprint density at radius 2 is 1.93 bits per heavy atom. The summed E-state index contributed by atoms with van der Waals surface area (Å²) in [5.41, 5.74) is 0. The first-order chi connectivity index (χ1) is 6.61. The molecule has 78 valence electrons. The lowest BCUT2D eigenvalue weighted by molar-refractivity contribution is -0.172. The van der Waals surface area contributed by atoms with Crippen LogP contribution in [0.4, 0.5) is 0 Å². The van der Waals surface area contributed by atoms with Crippen LogP contribution in [-0.4, -0.2) is 24.5 Å². The maximum atomic E-state index is 10.8. The third-order valence-corrected chi connectivity index (χ3v) is 1.16. The average Bonchev–Trinajstić information content (AvgIpc) is 2.14. The quantitative estimate of drug-likeness (QED) is 0.287. The van der Waals surface area contributed by atoms with Gasteiger partial charge in [0.15, 0.2) is 0 Å². The second-order valence-corrected chi connectivity index (χ2v) is 2.40. The molecule has 0 aromatic carbocycles. The van der Waals surface area contributed by atoms with Crippen molar-refractivity contribution in [3.63, 3.8) is 0 Å². The molecule has 0 saturated carbocycles. The van der Waals surface area contributed by atoms with Gasteiger partial charge < -0.3 is 9.47 Å². The lowest BCUT2D eigenvalue weighted by atomic mass is 10.3. The molecule has 14 heavy (non-hydrogen) atoms. The first-order valence-corrected chi connectivity index (χ1v) is 4.14. The fourth-order valence-electron chi connectivity index (χ4n) is 0.594. The Morgan fingerprint density at radius 1 is 1.29 bits per heavy atom. The molecule has 0 amide bonds. The number of hydrogen-bond acceptors (Lipinski definition) is 5. The van der Waals surface area contributed by atoms with E-state index in [9.17, 15) is 14.4 Å². The summed E-state index contributed by atoms with van der Waals surface area (Å²) in [6.07, 6.45) is 1.95. The molecule has 0 aromatic rings. The van der Waals surface area contributed by atoms with Crippen molar-refractivity contribution in [1.29, 1.82) is 0 Å². The average molecular weight is 200 g/mol. The summed E-state index contributed by atoms with van der Waals surface area (Å²) in [6, 6.07) is 0. The molecule has 0 aliphatic heterocycles. The molecular formula is C9H12O5. The number of ether oxygens (including phenoxy) is 2. The summed E-state index contributed by atoms with van der Waals surface area (Å²) in [5.74, 6) is -3.20. The Hall–Kier alpha value is -1.65. The number of esters is 3. The van der Waals surface area contributed by atoms with Gasteiger partial charge in [-0.25, -0.2) is 9.59 Å². The maximum Gasteiger partial charge on any atom is 0.425 e. The van der Waals surface area contributed by atoms with Crippen LogP contribution in [-0.2, 0) is 23.9 Å². The zero-order valence-electron chi connectivity index (χ0n) is 7.95. The molecule has 0 spiro atoms. The Kier molecular flexibility index (Phi) is 6.02. The fourth-order valence-corrected chi connectivity index (χ4v) is 0.594. The predicted octanol–water partition coefficient (Wildman–Crippen LogP) is 0.585. The number of carbonyl (C=O) groups is 3. The van der Waals surface area contributed by atoms with Crippen molar-refractivity contribution in [2.24, 2.45) is 0 Å². The van der Waals surface area contributed by atoms with Crippen molar-refractivity contribution < 1.29 is 23.9 Å². The molecule has 5 nitrogen and oxygen atoms in total. The second kappa shape index (κ2) is 6.82. The molecule has 5 heteroatoms. The van der Waals surface area contributed by atoms with Crippen LogP contribution in [0.5, 0.6) is 0 Å². The van der Waals surface area contributed by atoms with E-state index in [0.29, 0.717) is 6.42 Å². The van der Waals surface area contributed by atoms with Gasteiger partial charge in [-0.3, -0.25) is 4.79 Å². The van der Waals surface area contributed by atoms with Crippen LogP contribution >= 0.6 is 0 Å². The SMILES string of the molecule is C=CCOC(=O)C(=O)OC(=O)CCC. The lowest BCUT2D eigenvalue weighted by Crippen LogP contribution is -2.23. The summed E-state index contributed by atoms with van der Waals surface area (Å²) < 4.78 is 8.51. The van der Waals surface area contributed by atoms with Crippen LogP contribution in [0.3, 0.4) is 0 Å². The third-order valence-electron chi connectivity index (χ3n) is 1.16. The molecule has 0 N–H and O–H groups in total. The van der Waals surface area contributed by atoms with E-state index in [-0.39, 0.29) is 13.0 Å².